The van der Waals surface area contributed by atoms with Crippen LogP contribution in [-0.4, -0.2) is 53.7 Å². The summed E-state index contributed by atoms with van der Waals surface area (Å²) in [6, 6.07) is -0.373. The molecule has 4 aliphatic carbocycles. The molecule has 2 N–H and O–H groups in total. The van der Waals surface area contributed by atoms with E-state index in [2.05, 4.69) is 5.32 Å². The molecule has 0 aromatic carbocycles. The van der Waals surface area contributed by atoms with Crippen LogP contribution >= 0.6 is 0 Å². The Morgan fingerprint density at radius 2 is 1.52 bits per heavy atom. The molecule has 0 radical (unpaired) electrons. The van der Waals surface area contributed by atoms with E-state index in [0.717, 1.165) is 64.2 Å². The molecule has 3 saturated carbocycles. The summed E-state index contributed by atoms with van der Waals surface area (Å²) in [4.78, 5) is 30.1. The molecule has 2 amide bonds. The molecule has 8 heteroatoms. The van der Waals surface area contributed by atoms with Crippen LogP contribution in [0.25, 0.3) is 0 Å². The summed E-state index contributed by atoms with van der Waals surface area (Å²) in [5.74, 6) is 0.0936. The molecule has 5 aliphatic rings. The quantitative estimate of drug-likeness (QED) is 0.344. The Balaban J connectivity index is 1.48. The first-order valence-corrected chi connectivity index (χ1v) is 16.2. The number of allylic oxidation sites excluding steroid dienone is 1. The van der Waals surface area contributed by atoms with E-state index in [-0.39, 0.29) is 67.0 Å². The molecule has 0 spiro atoms. The average Bonchev–Trinajstić information content (AvgIpc) is 2.97. The van der Waals surface area contributed by atoms with Gasteiger partial charge in [-0.05, 0) is 106 Å². The number of fused-ring (bicyclic) bond motifs is 1. The van der Waals surface area contributed by atoms with Gasteiger partial charge in [0.25, 0.3) is 0 Å². The maximum Gasteiger partial charge on any atom is 0.412 e. The molecule has 1 heterocycles. The van der Waals surface area contributed by atoms with Gasteiger partial charge in [-0.1, -0.05) is 32.1 Å². The van der Waals surface area contributed by atoms with Crippen molar-refractivity contribution in [1.29, 1.82) is 0 Å². The van der Waals surface area contributed by atoms with Crippen LogP contribution in [0, 0.1) is 35.5 Å². The highest BCUT2D eigenvalue weighted by Crippen LogP contribution is 2.49. The number of hydrogen-bond acceptors (Lipinski definition) is 3. The number of alkyl halides is 3. The smallest absolute Gasteiger partial charge is 0.396 e. The summed E-state index contributed by atoms with van der Waals surface area (Å²) in [6.45, 7) is 0.805. The first kappa shape index (κ1) is 29.9. The third-order valence-electron chi connectivity index (χ3n) is 11.1. The van der Waals surface area contributed by atoms with Crippen molar-refractivity contribution >= 4 is 11.8 Å². The summed E-state index contributed by atoms with van der Waals surface area (Å²) in [7, 11) is 0. The third kappa shape index (κ3) is 6.57. The van der Waals surface area contributed by atoms with Crippen molar-refractivity contribution in [1.82, 2.24) is 10.2 Å². The normalized spacial score (nSPS) is 34.5. The van der Waals surface area contributed by atoms with Crippen LogP contribution in [0.4, 0.5) is 13.2 Å². The van der Waals surface area contributed by atoms with Crippen LogP contribution in [0.1, 0.15) is 109 Å². The minimum Gasteiger partial charge on any atom is -0.396 e. The SMILES string of the molecule is O=C(NCC1CCCCC1)[C@@H]1C2CCCCC2C(=O)N(CC2=C(C(F)(F)F)CCCC2)[C@H]1C1CCC(CO)CC1. The highest BCUT2D eigenvalue weighted by atomic mass is 19.4. The number of amides is 2. The molecule has 0 bridgehead atoms. The average molecular weight is 567 g/mol. The van der Waals surface area contributed by atoms with Crippen LogP contribution in [-0.2, 0) is 9.59 Å². The van der Waals surface area contributed by atoms with Gasteiger partial charge in [0, 0.05) is 37.2 Å². The number of aliphatic hydroxyl groups excluding tert-OH is 1. The Bertz CT molecular complexity index is 921. The highest BCUT2D eigenvalue weighted by molar-refractivity contribution is 5.87. The number of hydrogen-bond donors (Lipinski definition) is 2. The lowest BCUT2D eigenvalue weighted by Gasteiger charge is -2.53. The van der Waals surface area contributed by atoms with Crippen LogP contribution in [0.3, 0.4) is 0 Å². The van der Waals surface area contributed by atoms with E-state index in [9.17, 15) is 27.9 Å². The summed E-state index contributed by atoms with van der Waals surface area (Å²) >= 11 is 0. The van der Waals surface area contributed by atoms with E-state index in [1.165, 1.54) is 19.3 Å². The number of halogens is 3. The van der Waals surface area contributed by atoms with Gasteiger partial charge in [-0.3, -0.25) is 9.59 Å². The van der Waals surface area contributed by atoms with Crippen molar-refractivity contribution in [2.75, 3.05) is 19.7 Å². The van der Waals surface area contributed by atoms with Crippen molar-refractivity contribution in [3.63, 3.8) is 0 Å². The van der Waals surface area contributed by atoms with E-state index in [1.54, 1.807) is 4.90 Å². The molecule has 0 aromatic heterocycles. The lowest BCUT2D eigenvalue weighted by molar-refractivity contribution is -0.160. The lowest BCUT2D eigenvalue weighted by atomic mass is 9.61. The van der Waals surface area contributed by atoms with Gasteiger partial charge < -0.3 is 15.3 Å². The molecule has 2 unspecified atom stereocenters. The van der Waals surface area contributed by atoms with Crippen molar-refractivity contribution in [2.24, 2.45) is 35.5 Å². The van der Waals surface area contributed by atoms with E-state index in [0.29, 0.717) is 37.3 Å². The minimum atomic E-state index is -4.38. The van der Waals surface area contributed by atoms with Crippen molar-refractivity contribution < 1.29 is 27.9 Å². The van der Waals surface area contributed by atoms with Crippen molar-refractivity contribution in [3.8, 4) is 0 Å². The number of nitrogens with zero attached hydrogens (tertiary/aromatic N) is 1. The number of carbonyl (C=O) groups is 2. The zero-order valence-corrected chi connectivity index (χ0v) is 24.0. The Morgan fingerprint density at radius 3 is 2.23 bits per heavy atom. The Labute approximate surface area is 237 Å². The van der Waals surface area contributed by atoms with Gasteiger partial charge in [-0.25, -0.2) is 0 Å². The van der Waals surface area contributed by atoms with Crippen molar-refractivity contribution in [3.05, 3.63) is 11.1 Å². The fourth-order valence-electron chi connectivity index (χ4n) is 8.94. The molecule has 4 atom stereocenters. The predicted molar refractivity (Wildman–Crippen MR) is 148 cm³/mol. The van der Waals surface area contributed by atoms with Gasteiger partial charge >= 0.3 is 6.18 Å². The third-order valence-corrected chi connectivity index (χ3v) is 11.1. The maximum atomic E-state index is 14.2. The number of rotatable bonds is 7. The fourth-order valence-corrected chi connectivity index (χ4v) is 8.94. The second-order valence-corrected chi connectivity index (χ2v) is 13.5. The summed E-state index contributed by atoms with van der Waals surface area (Å²) < 4.78 is 42.2. The molecule has 1 aliphatic heterocycles. The predicted octanol–water partition coefficient (Wildman–Crippen LogP) is 6.55. The van der Waals surface area contributed by atoms with Crippen LogP contribution in [0.5, 0.6) is 0 Å². The Morgan fingerprint density at radius 1 is 0.850 bits per heavy atom. The zero-order valence-electron chi connectivity index (χ0n) is 24.0. The summed E-state index contributed by atoms with van der Waals surface area (Å²) in [6.07, 6.45) is 9.91. The molecule has 5 rings (SSSR count). The number of likely N-dealkylation sites (tertiary alicyclic amines) is 1. The van der Waals surface area contributed by atoms with E-state index < -0.39 is 11.7 Å². The second kappa shape index (κ2) is 13.2. The van der Waals surface area contributed by atoms with Crippen LogP contribution in [0.2, 0.25) is 0 Å². The fraction of sp³-hybridized carbons (Fsp3) is 0.875. The van der Waals surface area contributed by atoms with Crippen LogP contribution < -0.4 is 5.32 Å². The number of carbonyl (C=O) groups excluding carboxylic acids is 2. The molecule has 226 valence electrons. The number of piperidine rings is 1. The first-order chi connectivity index (χ1) is 19.3. The largest absolute Gasteiger partial charge is 0.412 e. The molecule has 1 saturated heterocycles. The molecule has 40 heavy (non-hydrogen) atoms. The summed E-state index contributed by atoms with van der Waals surface area (Å²) in [5, 5.41) is 13.1. The molecular weight excluding hydrogens is 517 g/mol. The van der Waals surface area contributed by atoms with Gasteiger partial charge in [-0.2, -0.15) is 13.2 Å². The summed E-state index contributed by atoms with van der Waals surface area (Å²) in [5.41, 5.74) is -0.0878. The molecule has 5 nitrogen and oxygen atoms in total. The number of aliphatic hydroxyl groups is 1. The molecule has 0 aromatic rings. The molecule has 4 fully saturated rings. The van der Waals surface area contributed by atoms with E-state index in [1.807, 2.05) is 0 Å². The van der Waals surface area contributed by atoms with Gasteiger partial charge in [0.1, 0.15) is 0 Å². The van der Waals surface area contributed by atoms with Gasteiger partial charge in [0.15, 0.2) is 0 Å². The zero-order chi connectivity index (χ0) is 28.3. The minimum absolute atomic E-state index is 0.00783. The van der Waals surface area contributed by atoms with Crippen LogP contribution in [0.15, 0.2) is 11.1 Å². The lowest BCUT2D eigenvalue weighted by Crippen LogP contribution is -2.64. The van der Waals surface area contributed by atoms with Crippen molar-refractivity contribution in [2.45, 2.75) is 121 Å². The topological polar surface area (TPSA) is 69.6 Å². The maximum absolute atomic E-state index is 14.2. The van der Waals surface area contributed by atoms with E-state index >= 15 is 0 Å². The monoisotopic (exact) mass is 566 g/mol. The first-order valence-electron chi connectivity index (χ1n) is 16.2. The van der Waals surface area contributed by atoms with Gasteiger partial charge in [0.05, 0.1) is 5.92 Å². The Kier molecular flexibility index (Phi) is 9.84. The standard InChI is InChI=1S/C32H49F3N2O3/c33-32(34,35)27-13-7-4-10-24(27)19-37-29(23-16-14-22(20-38)15-17-23)28(25-11-5-6-12-26(25)31(37)40)30(39)36-18-21-8-2-1-3-9-21/h21-23,25-26,28-29,38H,1-20H2,(H,36,39)/t22?,23?,25?,26?,28-,29+/m1/s1. The molecular formula is C32H49F3N2O3. The van der Waals surface area contributed by atoms with Gasteiger partial charge in [-0.15, -0.1) is 0 Å². The van der Waals surface area contributed by atoms with Gasteiger partial charge in [0.2, 0.25) is 11.8 Å². The highest BCUT2D eigenvalue weighted by Gasteiger charge is 2.54. The van der Waals surface area contributed by atoms with E-state index in [4.69, 9.17) is 0 Å². The second-order valence-electron chi connectivity index (χ2n) is 13.5. The number of nitrogens with one attached hydrogen (secondary N) is 1. The Hall–Kier alpha value is -1.57.